The molecule has 20 aromatic rings. The molecular weight excluding hydrogens is 1540 g/mol. The van der Waals surface area contributed by atoms with Crippen LogP contribution < -0.4 is 22.8 Å². The van der Waals surface area contributed by atoms with Gasteiger partial charge in [0.2, 0.25) is 56.1 Å². The van der Waals surface area contributed by atoms with Crippen molar-refractivity contribution in [2.75, 3.05) is 0 Å². The van der Waals surface area contributed by atoms with Crippen LogP contribution in [-0.2, 0) is 35.2 Å². The predicted molar refractivity (Wildman–Crippen MR) is 514 cm³/mol. The lowest BCUT2D eigenvalue weighted by molar-refractivity contribution is -0.633. The van der Waals surface area contributed by atoms with Crippen LogP contribution in [0.1, 0.15) is 61.2 Å². The Morgan fingerprint density at radius 2 is 0.540 bits per heavy atom. The van der Waals surface area contributed by atoms with Gasteiger partial charge in [-0.2, -0.15) is 22.8 Å². The fraction of sp³-hybridized carbons (Fsp3) is 0.142. The lowest BCUT2D eigenvalue weighted by Crippen LogP contribution is -2.32. The summed E-state index contributed by atoms with van der Waals surface area (Å²) >= 11 is 0. The third kappa shape index (κ3) is 17.4. The zero-order chi connectivity index (χ0) is 87.8. The second kappa shape index (κ2) is 37.2. The van der Waals surface area contributed by atoms with Gasteiger partial charge in [0.15, 0.2) is 11.6 Å². The first kappa shape index (κ1) is 84.4. The van der Waals surface area contributed by atoms with Crippen LogP contribution in [0.25, 0.3) is 167 Å². The zero-order valence-electron chi connectivity index (χ0n) is 74.6. The Bertz CT molecular complexity index is 6840. The number of fused-ring (bicyclic) bond motifs is 5. The molecule has 0 aliphatic rings. The summed E-state index contributed by atoms with van der Waals surface area (Å²) in [7, 11) is 10.7. The standard InChI is InChI=1S/3C24H23N2.C21H18N3.C20H17N4/c1-16-13-17(2)18(3)20(14-16)24-15-21(22-10-7-8-12-25-22)19-9-5-6-11-23(19)26(24)4;1-16-12-17(2)18(3)21(13-16)24-14-22(19-8-7-11-25-15-19)20-9-5-6-10-23(20)26(24)4;1-16-13-17(2)18(3)21(14-16)24-15-22(19-9-11-25-12-10-19)20-7-5-6-8-23(20)26(24)4;1-15-8-3-4-9-16(15)20-14-18(21-22-12-7-13-23-21)17-10-5-6-11-19(17)24(20)2;1-14-7-3-4-8-15(14)19-11-17(20-22-12-21-13-23-20)16-9-5-6-10-18(16)24(19)2/h3*5-15H,1-4H3;3-14H,1-2H3;3-13H,1-2H3/q5*+1. The van der Waals surface area contributed by atoms with E-state index in [1.54, 1.807) is 12.4 Å². The van der Waals surface area contributed by atoms with Crippen molar-refractivity contribution in [3.63, 3.8) is 0 Å². The Morgan fingerprint density at radius 3 is 0.929 bits per heavy atom. The van der Waals surface area contributed by atoms with Gasteiger partial charge in [-0.3, -0.25) is 15.0 Å². The minimum atomic E-state index is 0.691. The second-order valence-corrected chi connectivity index (χ2v) is 32.7. The average Bonchev–Trinajstić information content (AvgIpc) is 0.774. The highest BCUT2D eigenvalue weighted by atomic mass is 15.0. The molecule has 0 bridgehead atoms. The van der Waals surface area contributed by atoms with E-state index < -0.39 is 0 Å². The van der Waals surface area contributed by atoms with Gasteiger partial charge in [0.25, 0.3) is 0 Å². The number of nitrogens with zero attached hydrogens (tertiary/aromatic N) is 13. The molecule has 13 heteroatoms. The number of aryl methyl sites for hydroxylation is 13. The molecule has 0 aliphatic heterocycles. The van der Waals surface area contributed by atoms with Crippen molar-refractivity contribution >= 4 is 54.5 Å². The van der Waals surface area contributed by atoms with Crippen molar-refractivity contribution in [2.45, 2.75) is 76.2 Å². The molecule has 0 spiro atoms. The average molecular weight is 1640 g/mol. The molecule has 0 saturated heterocycles. The van der Waals surface area contributed by atoms with E-state index in [0.29, 0.717) is 5.82 Å². The molecule has 10 heterocycles. The van der Waals surface area contributed by atoms with E-state index in [1.165, 1.54) is 179 Å². The molecule has 10 aromatic carbocycles. The number of aromatic nitrogens is 13. The Labute approximate surface area is 738 Å². The summed E-state index contributed by atoms with van der Waals surface area (Å²) < 4.78 is 11.4. The van der Waals surface area contributed by atoms with Gasteiger partial charge in [-0.05, 0) is 223 Å². The number of rotatable bonds is 10. The number of hydrogen-bond acceptors (Lipinski definition) is 8. The van der Waals surface area contributed by atoms with Gasteiger partial charge in [0, 0.05) is 165 Å². The molecular formula is C113H104N13+5. The molecule has 0 radical (unpaired) electrons. The molecule has 0 saturated carbocycles. The maximum atomic E-state index is 4.61. The summed E-state index contributed by atoms with van der Waals surface area (Å²) in [6.07, 6.45) is 16.0. The minimum Gasteiger partial charge on any atom is -0.265 e. The smallest absolute Gasteiger partial charge is 0.213 e. The Kier molecular flexibility index (Phi) is 24.9. The third-order valence-electron chi connectivity index (χ3n) is 24.5. The maximum absolute atomic E-state index is 4.61. The highest BCUT2D eigenvalue weighted by molar-refractivity contribution is 5.98. The van der Waals surface area contributed by atoms with Crippen LogP contribution in [0.5, 0.6) is 0 Å². The second-order valence-electron chi connectivity index (χ2n) is 32.7. The fourth-order valence-electron chi connectivity index (χ4n) is 17.6. The van der Waals surface area contributed by atoms with Gasteiger partial charge in [-0.15, -0.1) is 0 Å². The van der Waals surface area contributed by atoms with Crippen LogP contribution in [0, 0.1) is 76.2 Å². The third-order valence-corrected chi connectivity index (χ3v) is 24.5. The summed E-state index contributed by atoms with van der Waals surface area (Å²) in [5, 5.41) is 6.01. The van der Waals surface area contributed by atoms with Crippen LogP contribution in [-0.4, -0.2) is 39.9 Å². The molecule has 13 nitrogen and oxygen atoms in total. The monoisotopic (exact) mass is 1640 g/mol. The van der Waals surface area contributed by atoms with E-state index in [1.807, 2.05) is 61.3 Å². The van der Waals surface area contributed by atoms with Crippen LogP contribution in [0.2, 0.25) is 0 Å². The van der Waals surface area contributed by atoms with Gasteiger partial charge in [0.1, 0.15) is 47.9 Å². The van der Waals surface area contributed by atoms with Gasteiger partial charge in [0.05, 0.1) is 32.6 Å². The Hall–Kier alpha value is -15.2. The maximum Gasteiger partial charge on any atom is 0.213 e. The van der Waals surface area contributed by atoms with Crippen LogP contribution in [0.4, 0.5) is 0 Å². The van der Waals surface area contributed by atoms with E-state index in [2.05, 4.69) is 429 Å². The quantitative estimate of drug-likeness (QED) is 0.124. The fourth-order valence-corrected chi connectivity index (χ4v) is 17.6. The van der Waals surface area contributed by atoms with Crippen molar-refractivity contribution in [3.05, 3.63) is 402 Å². The molecule has 0 atom stereocenters. The van der Waals surface area contributed by atoms with Gasteiger partial charge < -0.3 is 0 Å². The van der Waals surface area contributed by atoms with Crippen molar-refractivity contribution in [1.29, 1.82) is 0 Å². The van der Waals surface area contributed by atoms with Crippen molar-refractivity contribution in [2.24, 2.45) is 35.2 Å². The molecule has 0 amide bonds. The lowest BCUT2D eigenvalue weighted by Gasteiger charge is -2.13. The SMILES string of the molecule is Cc1cc(C)c(C)c(-c2cc(-c3ccccn3)c3ccccc3[n+]2C)c1.Cc1cc(C)c(C)c(-c2cc(-c3cccnc3)c3ccccc3[n+]2C)c1.Cc1cc(C)c(C)c(-c2cc(-c3ccncc3)c3ccccc3[n+]2C)c1.Cc1ccccc1-c1cc(-c2ncccn2)c2ccccc2[n+]1C.Cc1ccccc1-c1cc(-c2ncncn2)c2ccccc2[n+]1C. The summed E-state index contributed by atoms with van der Waals surface area (Å²) in [6.45, 7) is 24.0. The predicted octanol–water partition coefficient (Wildman–Crippen LogP) is 23.5. The summed E-state index contributed by atoms with van der Waals surface area (Å²) in [6, 6.07) is 100. The molecule has 616 valence electrons. The van der Waals surface area contributed by atoms with Gasteiger partial charge in [-0.25, -0.2) is 24.9 Å². The first-order valence-corrected chi connectivity index (χ1v) is 42.8. The number of hydrogen-bond donors (Lipinski definition) is 0. The normalized spacial score (nSPS) is 11.0. The van der Waals surface area contributed by atoms with Crippen molar-refractivity contribution < 1.29 is 22.8 Å². The highest BCUT2D eigenvalue weighted by Crippen LogP contribution is 2.39. The van der Waals surface area contributed by atoms with E-state index in [4.69, 9.17) is 0 Å². The van der Waals surface area contributed by atoms with Crippen LogP contribution >= 0.6 is 0 Å². The van der Waals surface area contributed by atoms with Gasteiger partial charge in [-0.1, -0.05) is 144 Å². The largest absolute Gasteiger partial charge is 0.265 e. The molecule has 126 heavy (non-hydrogen) atoms. The zero-order valence-corrected chi connectivity index (χ0v) is 74.6. The van der Waals surface area contributed by atoms with Crippen LogP contribution in [0.15, 0.2) is 341 Å². The first-order chi connectivity index (χ1) is 61.2. The first-order valence-electron chi connectivity index (χ1n) is 42.8. The summed E-state index contributed by atoms with van der Waals surface area (Å²) in [4.78, 5) is 34.7. The van der Waals surface area contributed by atoms with E-state index in [9.17, 15) is 0 Å². The summed E-state index contributed by atoms with van der Waals surface area (Å²) in [5.41, 5.74) is 41.7. The molecule has 0 N–H and O–H groups in total. The van der Waals surface area contributed by atoms with Crippen molar-refractivity contribution in [3.8, 4) is 113 Å². The Morgan fingerprint density at radius 1 is 0.206 bits per heavy atom. The molecule has 10 aromatic heterocycles. The topological polar surface area (TPSA) is 123 Å². The molecule has 0 aliphatic carbocycles. The Balaban J connectivity index is 0.000000116. The van der Waals surface area contributed by atoms with Gasteiger partial charge >= 0.3 is 0 Å². The number of para-hydroxylation sites is 5. The number of benzene rings is 10. The molecule has 0 unspecified atom stereocenters. The number of pyridine rings is 8. The van der Waals surface area contributed by atoms with Crippen LogP contribution in [0.3, 0.4) is 0 Å². The highest BCUT2D eigenvalue weighted by Gasteiger charge is 2.28. The summed E-state index contributed by atoms with van der Waals surface area (Å²) in [5.74, 6) is 1.45. The van der Waals surface area contributed by atoms with Crippen molar-refractivity contribution in [1.82, 2.24) is 39.9 Å². The minimum absolute atomic E-state index is 0.691. The molecule has 20 rings (SSSR count). The molecule has 0 fully saturated rings. The van der Waals surface area contributed by atoms with E-state index >= 15 is 0 Å². The van der Waals surface area contributed by atoms with E-state index in [0.717, 1.165) is 55.9 Å². The lowest BCUT2D eigenvalue weighted by atomic mass is 9.94. The van der Waals surface area contributed by atoms with E-state index in [-0.39, 0.29) is 0 Å².